The molecule has 1 fully saturated rings. The summed E-state index contributed by atoms with van der Waals surface area (Å²) in [7, 11) is 0. The van der Waals surface area contributed by atoms with Crippen LogP contribution in [0.15, 0.2) is 60.8 Å². The van der Waals surface area contributed by atoms with E-state index in [2.05, 4.69) is 34.1 Å². The van der Waals surface area contributed by atoms with E-state index in [9.17, 15) is 4.79 Å². The third kappa shape index (κ3) is 2.42. The van der Waals surface area contributed by atoms with Gasteiger partial charge < -0.3 is 4.90 Å². The van der Waals surface area contributed by atoms with Crippen LogP contribution in [0.4, 0.5) is 0 Å². The van der Waals surface area contributed by atoms with E-state index in [1.807, 2.05) is 30.3 Å². The van der Waals surface area contributed by atoms with E-state index in [0.29, 0.717) is 0 Å². The second-order valence-corrected chi connectivity index (χ2v) is 7.68. The Hall–Kier alpha value is -2.68. The number of aryl methyl sites for hydroxylation is 1. The highest BCUT2D eigenvalue weighted by atomic mass is 16.2. The number of benzene rings is 2. The van der Waals surface area contributed by atoms with Crippen LogP contribution >= 0.6 is 0 Å². The predicted octanol–water partition coefficient (Wildman–Crippen LogP) is 4.36. The largest absolute Gasteiger partial charge is 0.338 e. The smallest absolute Gasteiger partial charge is 0.253 e. The van der Waals surface area contributed by atoms with Gasteiger partial charge in [-0.2, -0.15) is 0 Å². The SMILES string of the molecule is O=C(c1ccc2ncccc2c1)N1CCCC2(CCc3ccccc32)C1. The molecule has 1 aromatic heterocycles. The van der Waals surface area contributed by atoms with Crippen molar-refractivity contribution in [3.63, 3.8) is 0 Å². The van der Waals surface area contributed by atoms with Crippen LogP contribution in [0.1, 0.15) is 40.7 Å². The van der Waals surface area contributed by atoms with Crippen LogP contribution < -0.4 is 0 Å². The molecule has 1 saturated heterocycles. The number of piperidine rings is 1. The molecule has 3 nitrogen and oxygen atoms in total. The third-order valence-corrected chi connectivity index (χ3v) is 6.18. The van der Waals surface area contributed by atoms with Crippen molar-refractivity contribution in [2.24, 2.45) is 0 Å². The van der Waals surface area contributed by atoms with Crippen LogP contribution in [-0.4, -0.2) is 28.9 Å². The highest BCUT2D eigenvalue weighted by Crippen LogP contribution is 2.45. The molecule has 0 N–H and O–H groups in total. The minimum atomic E-state index is 0.152. The summed E-state index contributed by atoms with van der Waals surface area (Å²) in [5.74, 6) is 0.152. The Morgan fingerprint density at radius 3 is 2.92 bits per heavy atom. The molecular formula is C23H22N2O. The van der Waals surface area contributed by atoms with Crippen molar-refractivity contribution in [1.82, 2.24) is 9.88 Å². The summed E-state index contributed by atoms with van der Waals surface area (Å²) in [5, 5.41) is 1.02. The van der Waals surface area contributed by atoms with E-state index < -0.39 is 0 Å². The zero-order chi connectivity index (χ0) is 17.6. The summed E-state index contributed by atoms with van der Waals surface area (Å²) >= 11 is 0. The van der Waals surface area contributed by atoms with E-state index in [1.165, 1.54) is 17.5 Å². The van der Waals surface area contributed by atoms with Crippen molar-refractivity contribution in [1.29, 1.82) is 0 Å². The fraction of sp³-hybridized carbons (Fsp3) is 0.304. The van der Waals surface area contributed by atoms with Gasteiger partial charge in [0.2, 0.25) is 0 Å². The molecule has 2 aliphatic rings. The van der Waals surface area contributed by atoms with Crippen LogP contribution in [0.2, 0.25) is 0 Å². The average Bonchev–Trinajstić information content (AvgIpc) is 3.05. The van der Waals surface area contributed by atoms with E-state index in [0.717, 1.165) is 48.8 Å². The Balaban J connectivity index is 1.45. The second kappa shape index (κ2) is 5.94. The van der Waals surface area contributed by atoms with Crippen molar-refractivity contribution in [3.05, 3.63) is 77.5 Å². The van der Waals surface area contributed by atoms with Crippen LogP contribution in [0.5, 0.6) is 0 Å². The number of hydrogen-bond acceptors (Lipinski definition) is 2. The topological polar surface area (TPSA) is 33.2 Å². The molecule has 1 aliphatic heterocycles. The lowest BCUT2D eigenvalue weighted by molar-refractivity contribution is 0.0637. The van der Waals surface area contributed by atoms with E-state index in [4.69, 9.17) is 0 Å². The van der Waals surface area contributed by atoms with Crippen molar-refractivity contribution < 1.29 is 4.79 Å². The molecule has 0 radical (unpaired) electrons. The van der Waals surface area contributed by atoms with E-state index >= 15 is 0 Å². The lowest BCUT2D eigenvalue weighted by atomic mass is 9.75. The number of likely N-dealkylation sites (tertiary alicyclic amines) is 1. The molecule has 130 valence electrons. The molecule has 3 heteroatoms. The van der Waals surface area contributed by atoms with Gasteiger partial charge in [0, 0.05) is 35.7 Å². The fourth-order valence-corrected chi connectivity index (χ4v) is 4.88. The molecule has 1 aliphatic carbocycles. The number of rotatable bonds is 1. The molecule has 1 amide bonds. The Kier molecular flexibility index (Phi) is 3.56. The van der Waals surface area contributed by atoms with Gasteiger partial charge in [0.25, 0.3) is 5.91 Å². The maximum atomic E-state index is 13.2. The summed E-state index contributed by atoms with van der Waals surface area (Å²) in [5.41, 5.74) is 4.81. The number of pyridine rings is 1. The van der Waals surface area contributed by atoms with Gasteiger partial charge in [-0.05, 0) is 61.1 Å². The maximum absolute atomic E-state index is 13.2. The Morgan fingerprint density at radius 2 is 1.96 bits per heavy atom. The number of nitrogens with zero attached hydrogens (tertiary/aromatic N) is 2. The minimum absolute atomic E-state index is 0.152. The fourth-order valence-electron chi connectivity index (χ4n) is 4.88. The maximum Gasteiger partial charge on any atom is 0.253 e. The first-order valence-electron chi connectivity index (χ1n) is 9.48. The molecule has 1 atom stereocenters. The first-order chi connectivity index (χ1) is 12.8. The summed E-state index contributed by atoms with van der Waals surface area (Å²) in [4.78, 5) is 19.6. The number of amides is 1. The molecule has 0 bridgehead atoms. The zero-order valence-electron chi connectivity index (χ0n) is 14.8. The Morgan fingerprint density at radius 1 is 1.04 bits per heavy atom. The number of fused-ring (bicyclic) bond motifs is 3. The van der Waals surface area contributed by atoms with Gasteiger partial charge in [-0.1, -0.05) is 30.3 Å². The summed E-state index contributed by atoms with van der Waals surface area (Å²) in [6.07, 6.45) is 6.36. The van der Waals surface area contributed by atoms with Gasteiger partial charge in [-0.15, -0.1) is 0 Å². The molecule has 1 unspecified atom stereocenters. The highest BCUT2D eigenvalue weighted by Gasteiger charge is 2.42. The number of aromatic nitrogens is 1. The Labute approximate surface area is 153 Å². The van der Waals surface area contributed by atoms with Gasteiger partial charge in [-0.25, -0.2) is 0 Å². The highest BCUT2D eigenvalue weighted by molar-refractivity contribution is 5.98. The predicted molar refractivity (Wildman–Crippen MR) is 103 cm³/mol. The van der Waals surface area contributed by atoms with E-state index in [-0.39, 0.29) is 11.3 Å². The molecule has 5 rings (SSSR count). The van der Waals surface area contributed by atoms with Gasteiger partial charge in [0.05, 0.1) is 5.52 Å². The quantitative estimate of drug-likeness (QED) is 0.658. The van der Waals surface area contributed by atoms with Crippen molar-refractivity contribution in [2.75, 3.05) is 13.1 Å². The first-order valence-corrected chi connectivity index (χ1v) is 9.48. The lowest BCUT2D eigenvalue weighted by Crippen LogP contribution is -2.47. The van der Waals surface area contributed by atoms with Gasteiger partial charge in [-0.3, -0.25) is 9.78 Å². The molecule has 2 heterocycles. The molecule has 1 spiro atoms. The number of carbonyl (C=O) groups excluding carboxylic acids is 1. The van der Waals surface area contributed by atoms with Crippen molar-refractivity contribution >= 4 is 16.8 Å². The molecule has 2 aromatic carbocycles. The molecule has 26 heavy (non-hydrogen) atoms. The lowest BCUT2D eigenvalue weighted by Gasteiger charge is -2.41. The summed E-state index contributed by atoms with van der Waals surface area (Å²) in [6, 6.07) is 18.6. The summed E-state index contributed by atoms with van der Waals surface area (Å²) in [6.45, 7) is 1.70. The van der Waals surface area contributed by atoms with Gasteiger partial charge in [0.1, 0.15) is 0 Å². The molecule has 3 aromatic rings. The monoisotopic (exact) mass is 342 g/mol. The third-order valence-electron chi connectivity index (χ3n) is 6.18. The number of hydrogen-bond donors (Lipinski definition) is 0. The first kappa shape index (κ1) is 15.6. The van der Waals surface area contributed by atoms with Crippen LogP contribution in [0, 0.1) is 0 Å². The average molecular weight is 342 g/mol. The Bertz CT molecular complexity index is 992. The molecular weight excluding hydrogens is 320 g/mol. The number of carbonyl (C=O) groups is 1. The van der Waals surface area contributed by atoms with Gasteiger partial charge in [0.15, 0.2) is 0 Å². The standard InChI is InChI=1S/C23H22N2O/c26-22(19-8-9-21-18(15-19)6-3-13-24-21)25-14-4-11-23(16-25)12-10-17-5-1-2-7-20(17)23/h1-3,5-9,13,15H,4,10-12,14,16H2. The van der Waals surface area contributed by atoms with Gasteiger partial charge >= 0.3 is 0 Å². The van der Waals surface area contributed by atoms with E-state index in [1.54, 1.807) is 6.20 Å². The van der Waals surface area contributed by atoms with Crippen molar-refractivity contribution in [2.45, 2.75) is 31.1 Å². The van der Waals surface area contributed by atoms with Crippen molar-refractivity contribution in [3.8, 4) is 0 Å². The second-order valence-electron chi connectivity index (χ2n) is 7.68. The zero-order valence-corrected chi connectivity index (χ0v) is 14.8. The van der Waals surface area contributed by atoms with Crippen LogP contribution in [-0.2, 0) is 11.8 Å². The van der Waals surface area contributed by atoms with Crippen LogP contribution in [0.3, 0.4) is 0 Å². The normalized spacial score (nSPS) is 21.9. The summed E-state index contributed by atoms with van der Waals surface area (Å²) < 4.78 is 0. The minimum Gasteiger partial charge on any atom is -0.338 e. The molecule has 0 saturated carbocycles. The van der Waals surface area contributed by atoms with Crippen LogP contribution in [0.25, 0.3) is 10.9 Å².